The van der Waals surface area contributed by atoms with Gasteiger partial charge < -0.3 is 9.80 Å². The van der Waals surface area contributed by atoms with Crippen LogP contribution in [0.5, 0.6) is 0 Å². The molecule has 0 atom stereocenters. The molecule has 2 aromatic carbocycles. The van der Waals surface area contributed by atoms with Gasteiger partial charge in [-0.2, -0.15) is 0 Å². The SMILES string of the molecule is CC(=O)N(CC(=O)N1CCN(C/C=C/c2ccccc2)CC1)c1cccc(C)c1. The second-order valence-electron chi connectivity index (χ2n) is 7.44. The molecule has 0 bridgehead atoms. The summed E-state index contributed by atoms with van der Waals surface area (Å²) in [6.07, 6.45) is 4.30. The molecular weight excluding hydrogens is 362 g/mol. The molecule has 0 radical (unpaired) electrons. The number of nitrogens with zero attached hydrogens (tertiary/aromatic N) is 3. The summed E-state index contributed by atoms with van der Waals surface area (Å²) in [6.45, 7) is 7.52. The lowest BCUT2D eigenvalue weighted by molar-refractivity contribution is -0.132. The van der Waals surface area contributed by atoms with Gasteiger partial charge in [0.05, 0.1) is 0 Å². The van der Waals surface area contributed by atoms with Crippen molar-refractivity contribution in [2.24, 2.45) is 0 Å². The van der Waals surface area contributed by atoms with Gasteiger partial charge in [0.25, 0.3) is 0 Å². The summed E-state index contributed by atoms with van der Waals surface area (Å²) in [4.78, 5) is 30.6. The second-order valence-corrected chi connectivity index (χ2v) is 7.44. The number of carbonyl (C=O) groups excluding carboxylic acids is 2. The quantitative estimate of drug-likeness (QED) is 0.760. The number of benzene rings is 2. The zero-order chi connectivity index (χ0) is 20.6. The topological polar surface area (TPSA) is 43.9 Å². The van der Waals surface area contributed by atoms with Crippen LogP contribution in [0.3, 0.4) is 0 Å². The number of hydrogen-bond acceptors (Lipinski definition) is 3. The number of piperazine rings is 1. The smallest absolute Gasteiger partial charge is 0.242 e. The first-order valence-corrected chi connectivity index (χ1v) is 10.1. The molecule has 1 fully saturated rings. The fourth-order valence-electron chi connectivity index (χ4n) is 3.50. The predicted octanol–water partition coefficient (Wildman–Crippen LogP) is 3.21. The highest BCUT2D eigenvalue weighted by Gasteiger charge is 2.24. The number of carbonyl (C=O) groups is 2. The molecule has 0 aliphatic carbocycles. The number of anilines is 1. The lowest BCUT2D eigenvalue weighted by Gasteiger charge is -2.35. The Labute approximate surface area is 173 Å². The van der Waals surface area contributed by atoms with Gasteiger partial charge in [0.1, 0.15) is 6.54 Å². The van der Waals surface area contributed by atoms with Crippen molar-refractivity contribution in [3.05, 3.63) is 71.8 Å². The molecule has 5 nitrogen and oxygen atoms in total. The van der Waals surface area contributed by atoms with Gasteiger partial charge >= 0.3 is 0 Å². The molecule has 1 aliphatic rings. The minimum Gasteiger partial charge on any atom is -0.339 e. The third-order valence-electron chi connectivity index (χ3n) is 5.19. The molecule has 0 N–H and O–H groups in total. The summed E-state index contributed by atoms with van der Waals surface area (Å²) in [5.74, 6) is -0.116. The van der Waals surface area contributed by atoms with Crippen LogP contribution in [0.4, 0.5) is 5.69 Å². The Morgan fingerprint density at radius 3 is 2.38 bits per heavy atom. The Bertz CT molecular complexity index is 855. The van der Waals surface area contributed by atoms with Gasteiger partial charge in [-0.15, -0.1) is 0 Å². The van der Waals surface area contributed by atoms with Crippen LogP contribution >= 0.6 is 0 Å². The Morgan fingerprint density at radius 1 is 1.00 bits per heavy atom. The zero-order valence-corrected chi connectivity index (χ0v) is 17.3. The summed E-state index contributed by atoms with van der Waals surface area (Å²) in [5.41, 5.74) is 3.04. The average molecular weight is 392 g/mol. The number of hydrogen-bond donors (Lipinski definition) is 0. The normalized spacial score (nSPS) is 14.9. The van der Waals surface area contributed by atoms with E-state index >= 15 is 0 Å². The summed E-state index contributed by atoms with van der Waals surface area (Å²) < 4.78 is 0. The molecule has 0 saturated carbocycles. The standard InChI is InChI=1S/C24H29N3O2/c1-20-8-6-12-23(18-20)27(21(2)28)19-24(29)26-16-14-25(15-17-26)13-7-11-22-9-4-3-5-10-22/h3-12,18H,13-17,19H2,1-2H3/b11-7+. The largest absolute Gasteiger partial charge is 0.339 e. The highest BCUT2D eigenvalue weighted by molar-refractivity contribution is 5.97. The first-order valence-electron chi connectivity index (χ1n) is 10.1. The van der Waals surface area contributed by atoms with Crippen molar-refractivity contribution in [3.8, 4) is 0 Å². The molecule has 3 rings (SSSR count). The van der Waals surface area contributed by atoms with Gasteiger partial charge in [-0.05, 0) is 30.2 Å². The van der Waals surface area contributed by atoms with Gasteiger partial charge in [0.15, 0.2) is 0 Å². The number of amides is 2. The summed E-state index contributed by atoms with van der Waals surface area (Å²) >= 11 is 0. The maximum absolute atomic E-state index is 12.8. The molecule has 0 unspecified atom stereocenters. The lowest BCUT2D eigenvalue weighted by atomic mass is 10.2. The highest BCUT2D eigenvalue weighted by Crippen LogP contribution is 2.17. The molecule has 0 aromatic heterocycles. The predicted molar refractivity (Wildman–Crippen MR) is 118 cm³/mol. The summed E-state index contributed by atoms with van der Waals surface area (Å²) in [5, 5.41) is 0. The minimum atomic E-state index is -0.117. The maximum Gasteiger partial charge on any atom is 0.242 e. The van der Waals surface area contributed by atoms with Gasteiger partial charge in [-0.3, -0.25) is 14.5 Å². The van der Waals surface area contributed by atoms with E-state index in [1.165, 1.54) is 12.5 Å². The molecule has 1 saturated heterocycles. The fourth-order valence-corrected chi connectivity index (χ4v) is 3.50. The minimum absolute atomic E-state index is 0.00110. The Morgan fingerprint density at radius 2 is 1.72 bits per heavy atom. The average Bonchev–Trinajstić information content (AvgIpc) is 2.73. The van der Waals surface area contributed by atoms with Crippen LogP contribution in [0.25, 0.3) is 6.08 Å². The third-order valence-corrected chi connectivity index (χ3v) is 5.19. The molecule has 152 valence electrons. The van der Waals surface area contributed by atoms with E-state index < -0.39 is 0 Å². The van der Waals surface area contributed by atoms with Crippen LogP contribution in [-0.4, -0.2) is 60.9 Å². The Hall–Kier alpha value is -2.92. The van der Waals surface area contributed by atoms with E-state index in [0.29, 0.717) is 13.1 Å². The van der Waals surface area contributed by atoms with Crippen molar-refractivity contribution in [1.82, 2.24) is 9.80 Å². The maximum atomic E-state index is 12.8. The van der Waals surface area contributed by atoms with Crippen molar-refractivity contribution >= 4 is 23.6 Å². The fraction of sp³-hybridized carbons (Fsp3) is 0.333. The summed E-state index contributed by atoms with van der Waals surface area (Å²) in [6, 6.07) is 18.0. The zero-order valence-electron chi connectivity index (χ0n) is 17.3. The van der Waals surface area contributed by atoms with Crippen LogP contribution in [-0.2, 0) is 9.59 Å². The van der Waals surface area contributed by atoms with Crippen LogP contribution in [0, 0.1) is 6.92 Å². The van der Waals surface area contributed by atoms with Crippen LogP contribution in [0.15, 0.2) is 60.7 Å². The van der Waals surface area contributed by atoms with Gasteiger partial charge in [0.2, 0.25) is 11.8 Å². The third kappa shape index (κ3) is 6.03. The van der Waals surface area contributed by atoms with Crippen LogP contribution < -0.4 is 4.90 Å². The molecule has 2 amide bonds. The Kier molecular flexibility index (Phi) is 7.19. The lowest BCUT2D eigenvalue weighted by Crippen LogP contribution is -2.51. The molecule has 1 heterocycles. The van der Waals surface area contributed by atoms with E-state index in [2.05, 4.69) is 29.2 Å². The molecule has 1 aliphatic heterocycles. The summed E-state index contributed by atoms with van der Waals surface area (Å²) in [7, 11) is 0. The van der Waals surface area contributed by atoms with E-state index in [0.717, 1.165) is 30.9 Å². The van der Waals surface area contributed by atoms with Crippen molar-refractivity contribution in [2.75, 3.05) is 44.2 Å². The van der Waals surface area contributed by atoms with Crippen molar-refractivity contribution < 1.29 is 9.59 Å². The van der Waals surface area contributed by atoms with Gasteiger partial charge in [-0.25, -0.2) is 0 Å². The molecular formula is C24H29N3O2. The van der Waals surface area contributed by atoms with E-state index in [1.54, 1.807) is 4.90 Å². The van der Waals surface area contributed by atoms with Crippen molar-refractivity contribution in [3.63, 3.8) is 0 Å². The monoisotopic (exact) mass is 391 g/mol. The van der Waals surface area contributed by atoms with E-state index in [4.69, 9.17) is 0 Å². The van der Waals surface area contributed by atoms with Crippen molar-refractivity contribution in [1.29, 1.82) is 0 Å². The van der Waals surface area contributed by atoms with Crippen molar-refractivity contribution in [2.45, 2.75) is 13.8 Å². The number of aryl methyl sites for hydroxylation is 1. The molecule has 5 heteroatoms. The number of rotatable bonds is 6. The van der Waals surface area contributed by atoms with Gasteiger partial charge in [-0.1, -0.05) is 54.6 Å². The van der Waals surface area contributed by atoms with E-state index in [-0.39, 0.29) is 18.4 Å². The first-order chi connectivity index (χ1) is 14.0. The second kappa shape index (κ2) is 10.0. The van der Waals surface area contributed by atoms with Crippen LogP contribution in [0.1, 0.15) is 18.1 Å². The highest BCUT2D eigenvalue weighted by atomic mass is 16.2. The van der Waals surface area contributed by atoms with E-state index in [9.17, 15) is 9.59 Å². The first kappa shape index (κ1) is 20.8. The van der Waals surface area contributed by atoms with Crippen LogP contribution in [0.2, 0.25) is 0 Å². The van der Waals surface area contributed by atoms with E-state index in [1.807, 2.05) is 54.3 Å². The molecule has 0 spiro atoms. The van der Waals surface area contributed by atoms with Gasteiger partial charge in [0, 0.05) is 45.3 Å². The Balaban J connectivity index is 1.50. The molecule has 29 heavy (non-hydrogen) atoms. The molecule has 2 aromatic rings.